The number of rotatable bonds is 5. The molecule has 0 aromatic carbocycles. The molecule has 2 aromatic heterocycles. The molecule has 3 nitrogen and oxygen atoms in total. The van der Waals surface area contributed by atoms with E-state index in [0.29, 0.717) is 0 Å². The summed E-state index contributed by atoms with van der Waals surface area (Å²) in [7, 11) is 0. The Hall–Kier alpha value is -1.13. The third kappa shape index (κ3) is 3.17. The predicted molar refractivity (Wildman–Crippen MR) is 72.5 cm³/mol. The van der Waals surface area contributed by atoms with E-state index in [2.05, 4.69) is 54.1 Å². The predicted octanol–water partition coefficient (Wildman–Crippen LogP) is 2.72. The summed E-state index contributed by atoms with van der Waals surface area (Å²) in [6.45, 7) is 9.16. The molecule has 4 heteroatoms. The van der Waals surface area contributed by atoms with Crippen LogP contribution >= 0.6 is 11.3 Å². The van der Waals surface area contributed by atoms with Gasteiger partial charge in [0.1, 0.15) is 5.01 Å². The second kappa shape index (κ2) is 5.47. The first-order chi connectivity index (χ1) is 8.19. The van der Waals surface area contributed by atoms with Crippen LogP contribution in [0, 0.1) is 13.8 Å². The van der Waals surface area contributed by atoms with Crippen molar-refractivity contribution in [1.29, 1.82) is 0 Å². The fourth-order valence-corrected chi connectivity index (χ4v) is 2.67. The summed E-state index contributed by atoms with van der Waals surface area (Å²) in [6.07, 6.45) is 4.31. The highest BCUT2D eigenvalue weighted by molar-refractivity contribution is 7.11. The Bertz CT molecular complexity index is 465. The zero-order chi connectivity index (χ0) is 12.3. The van der Waals surface area contributed by atoms with Gasteiger partial charge in [-0.15, -0.1) is 11.3 Å². The van der Waals surface area contributed by atoms with Crippen LogP contribution in [0.25, 0.3) is 0 Å². The van der Waals surface area contributed by atoms with E-state index in [-0.39, 0.29) is 0 Å². The summed E-state index contributed by atoms with van der Waals surface area (Å²) in [5.74, 6) is 0. The lowest BCUT2D eigenvalue weighted by Gasteiger charge is -1.99. The first kappa shape index (κ1) is 12.3. The lowest BCUT2D eigenvalue weighted by molar-refractivity contribution is 0.720. The Labute approximate surface area is 107 Å². The van der Waals surface area contributed by atoms with E-state index in [0.717, 1.165) is 25.3 Å². The molecule has 0 saturated heterocycles. The van der Waals surface area contributed by atoms with Gasteiger partial charge < -0.3 is 9.88 Å². The molecule has 92 valence electrons. The smallest absolute Gasteiger partial charge is 0.113 e. The molecule has 2 rings (SSSR count). The van der Waals surface area contributed by atoms with Crippen molar-refractivity contribution >= 4 is 11.3 Å². The number of thiazole rings is 1. The van der Waals surface area contributed by atoms with Gasteiger partial charge in [-0.25, -0.2) is 4.98 Å². The summed E-state index contributed by atoms with van der Waals surface area (Å²) < 4.78 is 2.20. The topological polar surface area (TPSA) is 29.9 Å². The molecule has 0 aliphatic heterocycles. The average molecular weight is 249 g/mol. The maximum Gasteiger partial charge on any atom is 0.113 e. The van der Waals surface area contributed by atoms with Gasteiger partial charge in [-0.3, -0.25) is 0 Å². The Kier molecular flexibility index (Phi) is 3.97. The summed E-state index contributed by atoms with van der Waals surface area (Å²) in [6, 6.07) is 2.16. The lowest BCUT2D eigenvalue weighted by Crippen LogP contribution is -2.11. The SMILES string of the molecule is CCNCc1ccn(Cc2nc(C)c(C)s2)c1. The van der Waals surface area contributed by atoms with Gasteiger partial charge >= 0.3 is 0 Å². The van der Waals surface area contributed by atoms with Gasteiger partial charge in [0.2, 0.25) is 0 Å². The molecule has 0 atom stereocenters. The third-order valence-corrected chi connectivity index (χ3v) is 3.84. The number of aromatic nitrogens is 2. The van der Waals surface area contributed by atoms with Crippen LogP contribution < -0.4 is 5.32 Å². The Morgan fingerprint density at radius 3 is 2.88 bits per heavy atom. The standard InChI is InChI=1S/C13H19N3S/c1-4-14-7-12-5-6-16(8-12)9-13-15-10(2)11(3)17-13/h5-6,8,14H,4,7,9H2,1-3H3. The third-order valence-electron chi connectivity index (χ3n) is 2.78. The van der Waals surface area contributed by atoms with Gasteiger partial charge in [0.05, 0.1) is 12.2 Å². The van der Waals surface area contributed by atoms with E-state index in [1.165, 1.54) is 15.4 Å². The molecular weight excluding hydrogens is 230 g/mol. The molecule has 17 heavy (non-hydrogen) atoms. The minimum Gasteiger partial charge on any atom is -0.347 e. The van der Waals surface area contributed by atoms with Crippen molar-refractivity contribution in [3.05, 3.63) is 39.6 Å². The normalized spacial score (nSPS) is 11.0. The minimum atomic E-state index is 0.880. The fraction of sp³-hybridized carbons (Fsp3) is 0.462. The second-order valence-corrected chi connectivity index (χ2v) is 5.51. The molecule has 0 fully saturated rings. The molecule has 0 aliphatic rings. The van der Waals surface area contributed by atoms with Crippen LogP contribution in [0.1, 0.15) is 28.1 Å². The molecule has 0 aliphatic carbocycles. The van der Waals surface area contributed by atoms with E-state index in [9.17, 15) is 0 Å². The number of hydrogen-bond donors (Lipinski definition) is 1. The molecule has 0 saturated carbocycles. The van der Waals surface area contributed by atoms with Crippen molar-refractivity contribution in [1.82, 2.24) is 14.9 Å². The van der Waals surface area contributed by atoms with E-state index in [1.807, 2.05) is 0 Å². The Morgan fingerprint density at radius 1 is 1.41 bits per heavy atom. The monoisotopic (exact) mass is 249 g/mol. The number of nitrogens with one attached hydrogen (secondary N) is 1. The molecule has 0 amide bonds. The van der Waals surface area contributed by atoms with Crippen LogP contribution in [-0.4, -0.2) is 16.1 Å². The van der Waals surface area contributed by atoms with Crippen molar-refractivity contribution < 1.29 is 0 Å². The van der Waals surface area contributed by atoms with Crippen LogP contribution in [-0.2, 0) is 13.1 Å². The van der Waals surface area contributed by atoms with E-state index in [1.54, 1.807) is 11.3 Å². The Morgan fingerprint density at radius 2 is 2.24 bits per heavy atom. The van der Waals surface area contributed by atoms with Crippen molar-refractivity contribution in [2.75, 3.05) is 6.54 Å². The molecule has 0 unspecified atom stereocenters. The summed E-state index contributed by atoms with van der Waals surface area (Å²) in [5, 5.41) is 4.51. The van der Waals surface area contributed by atoms with Gasteiger partial charge in [0.15, 0.2) is 0 Å². The van der Waals surface area contributed by atoms with Gasteiger partial charge in [-0.05, 0) is 32.0 Å². The van der Waals surface area contributed by atoms with E-state index >= 15 is 0 Å². The average Bonchev–Trinajstić information content (AvgIpc) is 2.85. The maximum atomic E-state index is 4.56. The molecular formula is C13H19N3S. The Balaban J connectivity index is 2.01. The number of hydrogen-bond acceptors (Lipinski definition) is 3. The van der Waals surface area contributed by atoms with Crippen molar-refractivity contribution in [2.45, 2.75) is 33.9 Å². The lowest BCUT2D eigenvalue weighted by atomic mass is 10.3. The number of nitrogens with zero attached hydrogens (tertiary/aromatic N) is 2. The summed E-state index contributed by atoms with van der Waals surface area (Å²) in [5.41, 5.74) is 2.49. The molecule has 2 aromatic rings. The fourth-order valence-electron chi connectivity index (χ4n) is 1.73. The van der Waals surface area contributed by atoms with Gasteiger partial charge in [-0.2, -0.15) is 0 Å². The highest BCUT2D eigenvalue weighted by Crippen LogP contribution is 2.17. The quantitative estimate of drug-likeness (QED) is 0.883. The van der Waals surface area contributed by atoms with Crippen molar-refractivity contribution in [3.8, 4) is 0 Å². The molecule has 1 N–H and O–H groups in total. The summed E-state index contributed by atoms with van der Waals surface area (Å²) in [4.78, 5) is 5.88. The van der Waals surface area contributed by atoms with Crippen LogP contribution in [0.3, 0.4) is 0 Å². The molecule has 0 spiro atoms. The molecule has 0 radical (unpaired) electrons. The zero-order valence-electron chi connectivity index (χ0n) is 10.7. The second-order valence-electron chi connectivity index (χ2n) is 4.22. The highest BCUT2D eigenvalue weighted by Gasteiger charge is 2.04. The molecule has 2 heterocycles. The number of aryl methyl sites for hydroxylation is 2. The summed E-state index contributed by atoms with van der Waals surface area (Å²) >= 11 is 1.79. The largest absolute Gasteiger partial charge is 0.347 e. The maximum absolute atomic E-state index is 4.56. The van der Waals surface area contributed by atoms with E-state index in [4.69, 9.17) is 0 Å². The van der Waals surface area contributed by atoms with Crippen LogP contribution in [0.15, 0.2) is 18.5 Å². The van der Waals surface area contributed by atoms with Crippen molar-refractivity contribution in [2.24, 2.45) is 0 Å². The van der Waals surface area contributed by atoms with Gasteiger partial charge in [0, 0.05) is 23.8 Å². The van der Waals surface area contributed by atoms with Crippen LogP contribution in [0.4, 0.5) is 0 Å². The van der Waals surface area contributed by atoms with Crippen LogP contribution in [0.5, 0.6) is 0 Å². The van der Waals surface area contributed by atoms with Gasteiger partial charge in [-0.1, -0.05) is 6.92 Å². The minimum absolute atomic E-state index is 0.880. The molecule has 0 bridgehead atoms. The highest BCUT2D eigenvalue weighted by atomic mass is 32.1. The van der Waals surface area contributed by atoms with Crippen molar-refractivity contribution in [3.63, 3.8) is 0 Å². The first-order valence-corrected chi connectivity index (χ1v) is 6.79. The first-order valence-electron chi connectivity index (χ1n) is 5.97. The van der Waals surface area contributed by atoms with Crippen LogP contribution in [0.2, 0.25) is 0 Å². The zero-order valence-corrected chi connectivity index (χ0v) is 11.5. The van der Waals surface area contributed by atoms with E-state index < -0.39 is 0 Å². The van der Waals surface area contributed by atoms with Gasteiger partial charge in [0.25, 0.3) is 0 Å².